The molecule has 1 N–H and O–H groups in total. The Balaban J connectivity index is 1.47. The van der Waals surface area contributed by atoms with Crippen molar-refractivity contribution >= 4 is 11.9 Å². The highest BCUT2D eigenvalue weighted by Crippen LogP contribution is 2.31. The molecule has 32 heavy (non-hydrogen) atoms. The molecule has 0 radical (unpaired) electrons. The van der Waals surface area contributed by atoms with Gasteiger partial charge in [-0.1, -0.05) is 5.16 Å². The minimum atomic E-state index is -0.994. The minimum absolute atomic E-state index is 0.0700. The number of carbonyl (C=O) groups excluding carboxylic acids is 2. The highest BCUT2D eigenvalue weighted by Gasteiger charge is 2.15. The number of nitrogens with zero attached hydrogens (tertiary/aromatic N) is 2. The third-order valence-electron chi connectivity index (χ3n) is 4.26. The third-order valence-corrected chi connectivity index (χ3v) is 4.26. The van der Waals surface area contributed by atoms with Crippen molar-refractivity contribution in [2.45, 2.75) is 13.0 Å². The van der Waals surface area contributed by atoms with Gasteiger partial charge in [-0.25, -0.2) is 8.78 Å². The molecular formula is C21H19F2N3O6. The van der Waals surface area contributed by atoms with Crippen molar-refractivity contribution in [3.63, 3.8) is 0 Å². The summed E-state index contributed by atoms with van der Waals surface area (Å²) in [6.45, 7) is -0.366. The van der Waals surface area contributed by atoms with E-state index >= 15 is 0 Å². The lowest BCUT2D eigenvalue weighted by molar-refractivity contribution is -0.145. The molecule has 0 bridgehead atoms. The summed E-state index contributed by atoms with van der Waals surface area (Å²) in [5, 5.41) is 6.19. The van der Waals surface area contributed by atoms with Gasteiger partial charge in [0.1, 0.15) is 11.6 Å². The number of benzene rings is 2. The number of hydrogen-bond donors (Lipinski definition) is 1. The Morgan fingerprint density at radius 1 is 1.06 bits per heavy atom. The fourth-order valence-corrected chi connectivity index (χ4v) is 2.67. The Morgan fingerprint density at radius 3 is 2.56 bits per heavy atom. The van der Waals surface area contributed by atoms with Gasteiger partial charge < -0.3 is 24.1 Å². The normalized spacial score (nSPS) is 10.5. The van der Waals surface area contributed by atoms with E-state index in [-0.39, 0.29) is 36.9 Å². The van der Waals surface area contributed by atoms with Crippen molar-refractivity contribution in [3.8, 4) is 22.9 Å². The zero-order valence-corrected chi connectivity index (χ0v) is 17.2. The van der Waals surface area contributed by atoms with Gasteiger partial charge in [-0.15, -0.1) is 0 Å². The predicted octanol–water partition coefficient (Wildman–Crippen LogP) is 2.90. The maximum Gasteiger partial charge on any atom is 0.308 e. The molecule has 0 spiro atoms. The van der Waals surface area contributed by atoms with E-state index in [9.17, 15) is 18.4 Å². The van der Waals surface area contributed by atoms with Gasteiger partial charge in [0, 0.05) is 18.2 Å². The Labute approximate surface area is 181 Å². The Hall–Kier alpha value is -4.02. The first-order valence-electron chi connectivity index (χ1n) is 9.35. The topological polar surface area (TPSA) is 113 Å². The van der Waals surface area contributed by atoms with E-state index < -0.39 is 23.5 Å². The molecule has 0 saturated heterocycles. The molecule has 0 atom stereocenters. The molecule has 168 valence electrons. The van der Waals surface area contributed by atoms with Gasteiger partial charge in [0.05, 0.1) is 26.2 Å². The maximum absolute atomic E-state index is 13.6. The molecule has 9 nitrogen and oxygen atoms in total. The highest BCUT2D eigenvalue weighted by atomic mass is 19.1. The molecule has 1 heterocycles. The molecule has 0 saturated carbocycles. The summed E-state index contributed by atoms with van der Waals surface area (Å²) in [4.78, 5) is 27.9. The molecule has 0 fully saturated rings. The number of rotatable bonds is 9. The summed E-state index contributed by atoms with van der Waals surface area (Å²) in [6.07, 6.45) is -0.175. The van der Waals surface area contributed by atoms with E-state index in [2.05, 4.69) is 15.5 Å². The van der Waals surface area contributed by atoms with Crippen molar-refractivity contribution in [2.75, 3.05) is 20.8 Å². The van der Waals surface area contributed by atoms with E-state index in [1.54, 1.807) is 18.2 Å². The van der Waals surface area contributed by atoms with Gasteiger partial charge in [-0.2, -0.15) is 4.98 Å². The molecule has 1 aromatic heterocycles. The van der Waals surface area contributed by atoms with E-state index in [0.717, 1.165) is 12.1 Å². The lowest BCUT2D eigenvalue weighted by atomic mass is 10.2. The molecule has 2 aromatic carbocycles. The first-order chi connectivity index (χ1) is 15.4. The average Bonchev–Trinajstić information content (AvgIpc) is 3.26. The van der Waals surface area contributed by atoms with E-state index in [4.69, 9.17) is 18.7 Å². The molecule has 0 aliphatic heterocycles. The highest BCUT2D eigenvalue weighted by molar-refractivity contribution is 5.94. The van der Waals surface area contributed by atoms with Crippen molar-refractivity contribution in [3.05, 3.63) is 59.5 Å². The summed E-state index contributed by atoms with van der Waals surface area (Å²) >= 11 is 0. The van der Waals surface area contributed by atoms with E-state index in [1.807, 2.05) is 0 Å². The number of hydrogen-bond acceptors (Lipinski definition) is 8. The van der Waals surface area contributed by atoms with E-state index in [1.165, 1.54) is 14.2 Å². The second kappa shape index (κ2) is 10.3. The van der Waals surface area contributed by atoms with Crippen LogP contribution in [-0.2, 0) is 16.1 Å². The zero-order chi connectivity index (χ0) is 23.1. The second-order valence-corrected chi connectivity index (χ2v) is 6.37. The van der Waals surface area contributed by atoms with Crippen LogP contribution in [0.2, 0.25) is 0 Å². The van der Waals surface area contributed by atoms with Crippen LogP contribution in [0.4, 0.5) is 8.78 Å². The Morgan fingerprint density at radius 2 is 1.84 bits per heavy atom. The SMILES string of the molecule is COc1ccc(-c2noc(COC(=O)CCNC(=O)c3ccc(F)cc3F)n2)cc1OC. The van der Waals surface area contributed by atoms with Crippen LogP contribution in [0.1, 0.15) is 22.7 Å². The monoisotopic (exact) mass is 447 g/mol. The van der Waals surface area contributed by atoms with Crippen molar-refractivity contribution < 1.29 is 37.1 Å². The lowest BCUT2D eigenvalue weighted by Gasteiger charge is -2.07. The fourth-order valence-electron chi connectivity index (χ4n) is 2.67. The van der Waals surface area contributed by atoms with Crippen molar-refractivity contribution in [1.29, 1.82) is 0 Å². The van der Waals surface area contributed by atoms with Crippen LogP contribution in [0.3, 0.4) is 0 Å². The second-order valence-electron chi connectivity index (χ2n) is 6.37. The van der Waals surface area contributed by atoms with Gasteiger partial charge in [-0.3, -0.25) is 9.59 Å². The Bertz CT molecular complexity index is 1120. The maximum atomic E-state index is 13.6. The number of carbonyl (C=O) groups is 2. The third kappa shape index (κ3) is 5.56. The standard InChI is InChI=1S/C21H19F2N3O6/c1-29-16-6-3-12(9-17(16)30-2)20-25-18(32-26-20)11-31-19(27)7-8-24-21(28)14-5-4-13(22)10-15(14)23/h3-6,9-10H,7-8,11H2,1-2H3,(H,24,28). The number of amides is 1. The van der Waals surface area contributed by atoms with Crippen LogP contribution in [0.5, 0.6) is 11.5 Å². The minimum Gasteiger partial charge on any atom is -0.493 e. The summed E-state index contributed by atoms with van der Waals surface area (Å²) in [5.74, 6) is -1.83. The zero-order valence-electron chi connectivity index (χ0n) is 17.2. The number of ether oxygens (including phenoxy) is 3. The number of aromatic nitrogens is 2. The number of esters is 1. The molecule has 11 heteroatoms. The van der Waals surface area contributed by atoms with Crippen LogP contribution in [0.25, 0.3) is 11.4 Å². The molecule has 3 aromatic rings. The first-order valence-corrected chi connectivity index (χ1v) is 9.35. The van der Waals surface area contributed by atoms with Crippen LogP contribution in [0.15, 0.2) is 40.9 Å². The van der Waals surface area contributed by atoms with Gasteiger partial charge in [0.25, 0.3) is 11.8 Å². The van der Waals surface area contributed by atoms with Crippen LogP contribution < -0.4 is 14.8 Å². The first kappa shape index (κ1) is 22.7. The summed E-state index contributed by atoms with van der Waals surface area (Å²) in [5.41, 5.74) is 0.285. The average molecular weight is 447 g/mol. The predicted molar refractivity (Wildman–Crippen MR) is 106 cm³/mol. The van der Waals surface area contributed by atoms with Gasteiger partial charge in [0.2, 0.25) is 5.82 Å². The summed E-state index contributed by atoms with van der Waals surface area (Å²) in [7, 11) is 3.02. The van der Waals surface area contributed by atoms with Crippen LogP contribution >= 0.6 is 0 Å². The summed E-state index contributed by atoms with van der Waals surface area (Å²) < 4.78 is 47.0. The Kier molecular flexibility index (Phi) is 7.32. The fraction of sp³-hybridized carbons (Fsp3) is 0.238. The van der Waals surface area contributed by atoms with Crippen LogP contribution in [-0.4, -0.2) is 42.8 Å². The molecule has 1 amide bonds. The molecular weight excluding hydrogens is 428 g/mol. The quantitative estimate of drug-likeness (QED) is 0.499. The molecule has 0 aliphatic carbocycles. The number of halogens is 2. The smallest absolute Gasteiger partial charge is 0.308 e. The van der Waals surface area contributed by atoms with Gasteiger partial charge in [-0.05, 0) is 30.3 Å². The molecule has 0 unspecified atom stereocenters. The summed E-state index contributed by atoms with van der Waals surface area (Å²) in [6, 6.07) is 7.66. The van der Waals surface area contributed by atoms with Crippen LogP contribution in [0, 0.1) is 11.6 Å². The molecule has 3 rings (SSSR count). The van der Waals surface area contributed by atoms with Crippen molar-refractivity contribution in [2.24, 2.45) is 0 Å². The van der Waals surface area contributed by atoms with E-state index in [0.29, 0.717) is 23.1 Å². The number of nitrogens with one attached hydrogen (secondary N) is 1. The van der Waals surface area contributed by atoms with Gasteiger partial charge >= 0.3 is 5.97 Å². The van der Waals surface area contributed by atoms with Gasteiger partial charge in [0.15, 0.2) is 18.1 Å². The largest absolute Gasteiger partial charge is 0.493 e. The lowest BCUT2D eigenvalue weighted by Crippen LogP contribution is -2.27. The van der Waals surface area contributed by atoms with Crippen molar-refractivity contribution in [1.82, 2.24) is 15.5 Å². The molecule has 0 aliphatic rings. The number of methoxy groups -OCH3 is 2.